The molecular weight excluding hydrogens is 288 g/mol. The molecule has 1 aliphatic rings. The van der Waals surface area contributed by atoms with Crippen molar-refractivity contribution in [2.24, 2.45) is 0 Å². The van der Waals surface area contributed by atoms with Crippen molar-refractivity contribution in [2.75, 3.05) is 16.8 Å². The Bertz CT molecular complexity index is 576. The number of nitrogens with zero attached hydrogens (tertiary/aromatic N) is 1. The van der Waals surface area contributed by atoms with Gasteiger partial charge in [-0.15, -0.1) is 0 Å². The molecule has 1 heterocycles. The Kier molecular flexibility index (Phi) is 3.87. The summed E-state index contributed by atoms with van der Waals surface area (Å²) < 4.78 is 5.52. The highest BCUT2D eigenvalue weighted by molar-refractivity contribution is 6.34. The molecule has 0 saturated carbocycles. The van der Waals surface area contributed by atoms with E-state index in [-0.39, 0.29) is 11.6 Å². The van der Waals surface area contributed by atoms with Gasteiger partial charge in [0, 0.05) is 5.54 Å². The largest absolute Gasteiger partial charge is 0.443 e. The lowest BCUT2D eigenvalue weighted by Crippen LogP contribution is -2.52. The van der Waals surface area contributed by atoms with Crippen LogP contribution in [0.2, 0.25) is 5.02 Å². The Balaban J connectivity index is 2.46. The molecule has 0 atom stereocenters. The number of aryl methyl sites for hydroxylation is 1. The van der Waals surface area contributed by atoms with Crippen molar-refractivity contribution in [2.45, 2.75) is 52.7 Å². The monoisotopic (exact) mass is 310 g/mol. The number of nitrogens with one attached hydrogen (secondary N) is 1. The minimum Gasteiger partial charge on any atom is -0.443 e. The van der Waals surface area contributed by atoms with E-state index in [0.717, 1.165) is 16.9 Å². The second kappa shape index (κ2) is 5.09. The Morgan fingerprint density at radius 3 is 2.57 bits per heavy atom. The van der Waals surface area contributed by atoms with Gasteiger partial charge in [0.1, 0.15) is 5.60 Å². The average molecular weight is 311 g/mol. The van der Waals surface area contributed by atoms with E-state index in [1.165, 1.54) is 0 Å². The highest BCUT2D eigenvalue weighted by atomic mass is 35.5. The summed E-state index contributed by atoms with van der Waals surface area (Å²) in [5, 5.41) is 4.01. The minimum atomic E-state index is -0.528. The number of anilines is 2. The maximum atomic E-state index is 12.5. The number of rotatable bonds is 0. The van der Waals surface area contributed by atoms with Gasteiger partial charge in [-0.05, 0) is 59.2 Å². The van der Waals surface area contributed by atoms with Crippen molar-refractivity contribution >= 4 is 29.1 Å². The number of amides is 1. The van der Waals surface area contributed by atoms with Gasteiger partial charge in [0.05, 0.1) is 22.9 Å². The summed E-state index contributed by atoms with van der Waals surface area (Å²) in [5.74, 6) is 0. The van der Waals surface area contributed by atoms with E-state index in [1.54, 1.807) is 4.90 Å². The second-order valence-electron chi connectivity index (χ2n) is 7.22. The Labute approximate surface area is 131 Å². The Morgan fingerprint density at radius 1 is 1.38 bits per heavy atom. The summed E-state index contributed by atoms with van der Waals surface area (Å²) in [6, 6.07) is 3.84. The molecule has 21 heavy (non-hydrogen) atoms. The molecule has 1 amide bonds. The van der Waals surface area contributed by atoms with Crippen LogP contribution >= 0.6 is 11.6 Å². The van der Waals surface area contributed by atoms with E-state index < -0.39 is 5.60 Å². The number of fused-ring (bicyclic) bond motifs is 1. The highest BCUT2D eigenvalue weighted by Gasteiger charge is 2.36. The van der Waals surface area contributed by atoms with Crippen LogP contribution in [-0.2, 0) is 4.74 Å². The first-order valence-corrected chi connectivity index (χ1v) is 7.45. The first-order valence-electron chi connectivity index (χ1n) is 7.07. The van der Waals surface area contributed by atoms with Crippen molar-refractivity contribution in [3.05, 3.63) is 22.7 Å². The van der Waals surface area contributed by atoms with Gasteiger partial charge in [-0.1, -0.05) is 11.6 Å². The van der Waals surface area contributed by atoms with Crippen molar-refractivity contribution in [1.82, 2.24) is 0 Å². The fraction of sp³-hybridized carbons (Fsp3) is 0.562. The Morgan fingerprint density at radius 2 is 2.00 bits per heavy atom. The summed E-state index contributed by atoms with van der Waals surface area (Å²) in [6.07, 6.45) is -0.347. The van der Waals surface area contributed by atoms with Crippen LogP contribution in [0.25, 0.3) is 0 Å². The molecule has 0 spiro atoms. The van der Waals surface area contributed by atoms with Crippen LogP contribution in [-0.4, -0.2) is 23.8 Å². The van der Waals surface area contributed by atoms with Gasteiger partial charge >= 0.3 is 6.09 Å². The predicted molar refractivity (Wildman–Crippen MR) is 87.5 cm³/mol. The summed E-state index contributed by atoms with van der Waals surface area (Å²) in [4.78, 5) is 14.2. The lowest BCUT2D eigenvalue weighted by molar-refractivity contribution is 0.0573. The van der Waals surface area contributed by atoms with Crippen LogP contribution in [0.4, 0.5) is 16.2 Å². The molecule has 5 heteroatoms. The number of halogens is 1. The summed E-state index contributed by atoms with van der Waals surface area (Å²) in [7, 11) is 0. The SMILES string of the molecule is Cc1cc(Cl)c2c(c1)N(C(=O)OC(C)(C)C)CC(C)(C)N2. The summed E-state index contributed by atoms with van der Waals surface area (Å²) in [5.41, 5.74) is 1.76. The molecule has 2 rings (SSSR count). The zero-order valence-electron chi connectivity index (χ0n) is 13.5. The first-order chi connectivity index (χ1) is 9.48. The van der Waals surface area contributed by atoms with Crippen LogP contribution < -0.4 is 10.2 Å². The molecule has 0 aromatic heterocycles. The van der Waals surface area contributed by atoms with Crippen molar-refractivity contribution in [1.29, 1.82) is 0 Å². The molecule has 116 valence electrons. The first kappa shape index (κ1) is 16.0. The summed E-state index contributed by atoms with van der Waals surface area (Å²) in [6.45, 7) is 12.1. The number of carbonyl (C=O) groups excluding carboxylic acids is 1. The molecule has 4 nitrogen and oxygen atoms in total. The van der Waals surface area contributed by atoms with Crippen LogP contribution in [0.1, 0.15) is 40.2 Å². The van der Waals surface area contributed by atoms with Gasteiger partial charge < -0.3 is 10.1 Å². The van der Waals surface area contributed by atoms with E-state index in [2.05, 4.69) is 5.32 Å². The van der Waals surface area contributed by atoms with E-state index >= 15 is 0 Å². The fourth-order valence-corrected chi connectivity index (χ4v) is 2.71. The normalized spacial score (nSPS) is 17.0. The van der Waals surface area contributed by atoms with Crippen LogP contribution in [0.15, 0.2) is 12.1 Å². The van der Waals surface area contributed by atoms with Gasteiger partial charge in [-0.3, -0.25) is 4.90 Å². The molecular formula is C16H23ClN2O2. The summed E-state index contributed by atoms with van der Waals surface area (Å²) >= 11 is 6.34. The second-order valence-corrected chi connectivity index (χ2v) is 7.62. The van der Waals surface area contributed by atoms with Gasteiger partial charge in [0.2, 0.25) is 0 Å². The van der Waals surface area contributed by atoms with Crippen LogP contribution in [0.5, 0.6) is 0 Å². The van der Waals surface area contributed by atoms with E-state index in [0.29, 0.717) is 11.6 Å². The molecule has 1 aliphatic heterocycles. The van der Waals surface area contributed by atoms with Crippen LogP contribution in [0.3, 0.4) is 0 Å². The number of hydrogen-bond donors (Lipinski definition) is 1. The lowest BCUT2D eigenvalue weighted by Gasteiger charge is -2.41. The number of carbonyl (C=O) groups is 1. The van der Waals surface area contributed by atoms with Gasteiger partial charge in [-0.25, -0.2) is 4.79 Å². The van der Waals surface area contributed by atoms with E-state index in [4.69, 9.17) is 16.3 Å². The zero-order valence-corrected chi connectivity index (χ0v) is 14.3. The predicted octanol–water partition coefficient (Wildman–Crippen LogP) is 4.59. The smallest absolute Gasteiger partial charge is 0.414 e. The lowest BCUT2D eigenvalue weighted by atomic mass is 9.99. The maximum Gasteiger partial charge on any atom is 0.414 e. The van der Waals surface area contributed by atoms with Gasteiger partial charge in [0.25, 0.3) is 0 Å². The molecule has 0 fully saturated rings. The molecule has 0 radical (unpaired) electrons. The third-order valence-electron chi connectivity index (χ3n) is 3.14. The van der Waals surface area contributed by atoms with Crippen molar-refractivity contribution in [3.8, 4) is 0 Å². The fourth-order valence-electron chi connectivity index (χ4n) is 2.40. The van der Waals surface area contributed by atoms with E-state index in [1.807, 2.05) is 53.7 Å². The molecule has 0 saturated heterocycles. The standard InChI is InChI=1S/C16H23ClN2O2/c1-10-7-11(17)13-12(8-10)19(9-16(5,6)18-13)14(20)21-15(2,3)4/h7-8,18H,9H2,1-6H3. The molecule has 0 aliphatic carbocycles. The molecule has 1 N–H and O–H groups in total. The third kappa shape index (κ3) is 3.62. The minimum absolute atomic E-state index is 0.275. The molecule has 0 unspecified atom stereocenters. The van der Waals surface area contributed by atoms with Gasteiger partial charge in [-0.2, -0.15) is 0 Å². The molecule has 1 aromatic rings. The molecule has 0 bridgehead atoms. The topological polar surface area (TPSA) is 41.6 Å². The quantitative estimate of drug-likeness (QED) is 0.761. The Hall–Kier alpha value is -1.42. The molecule has 1 aromatic carbocycles. The third-order valence-corrected chi connectivity index (χ3v) is 3.43. The zero-order chi connectivity index (χ0) is 16.0. The number of benzene rings is 1. The van der Waals surface area contributed by atoms with Crippen LogP contribution in [0, 0.1) is 6.92 Å². The average Bonchev–Trinajstić information content (AvgIpc) is 2.26. The maximum absolute atomic E-state index is 12.5. The number of hydrogen-bond acceptors (Lipinski definition) is 3. The highest BCUT2D eigenvalue weighted by Crippen LogP contribution is 2.41. The van der Waals surface area contributed by atoms with Crippen molar-refractivity contribution in [3.63, 3.8) is 0 Å². The van der Waals surface area contributed by atoms with Gasteiger partial charge in [0.15, 0.2) is 0 Å². The number of ether oxygens (including phenoxy) is 1. The van der Waals surface area contributed by atoms with Crippen molar-refractivity contribution < 1.29 is 9.53 Å². The van der Waals surface area contributed by atoms with E-state index in [9.17, 15) is 4.79 Å².